The topological polar surface area (TPSA) is 164 Å². The second kappa shape index (κ2) is 19.0. The maximum absolute atomic E-state index is 12.8. The van der Waals surface area contributed by atoms with E-state index in [4.69, 9.17) is 14.2 Å². The van der Waals surface area contributed by atoms with E-state index in [2.05, 4.69) is 17.6 Å². The first-order valence-corrected chi connectivity index (χ1v) is 14.6. The largest absolute Gasteiger partial charge is 0.508 e. The van der Waals surface area contributed by atoms with Crippen molar-refractivity contribution < 1.29 is 43.9 Å². The van der Waals surface area contributed by atoms with Gasteiger partial charge in [0, 0.05) is 7.11 Å². The predicted molar refractivity (Wildman–Crippen MR) is 150 cm³/mol. The standard InChI is InChI=1S/C29H52N2O9/c1-6-7-8-9-10-11-12-13-18-39-28(37)40-20-14-15-21(26(35)30-19-20)31-27(36)25(38-5)24(34)23(33)22(32)16-17-29(2,3)4/h16-17,20-25,32-34H,6-15,18-19H2,1-5H3,(H,30,35)(H,31,36)/b17-16+. The van der Waals surface area contributed by atoms with E-state index in [-0.39, 0.29) is 31.4 Å². The Morgan fingerprint density at radius 2 is 1.65 bits per heavy atom. The first-order valence-electron chi connectivity index (χ1n) is 14.6. The summed E-state index contributed by atoms with van der Waals surface area (Å²) in [6.07, 6.45) is 4.67. The van der Waals surface area contributed by atoms with Gasteiger partial charge >= 0.3 is 6.16 Å². The van der Waals surface area contributed by atoms with Gasteiger partial charge in [0.1, 0.15) is 30.5 Å². The average molecular weight is 573 g/mol. The fourth-order valence-corrected chi connectivity index (χ4v) is 4.26. The van der Waals surface area contributed by atoms with E-state index < -0.39 is 54.5 Å². The SMILES string of the molecule is CCCCCCCCCCOC(=O)OC1CCC(NC(=O)C(OC)C(O)C(O)C(O)/C=C/C(C)(C)C)C(=O)NC1. The molecule has 6 unspecified atom stereocenters. The number of hydrogen-bond donors (Lipinski definition) is 5. The first-order chi connectivity index (χ1) is 18.9. The van der Waals surface area contributed by atoms with Gasteiger partial charge in [-0.05, 0) is 24.7 Å². The molecule has 0 aromatic rings. The molecule has 1 aliphatic heterocycles. The van der Waals surface area contributed by atoms with Crippen molar-refractivity contribution in [2.75, 3.05) is 20.3 Å². The summed E-state index contributed by atoms with van der Waals surface area (Å²) in [5.41, 5.74) is -0.262. The molecule has 2 amide bonds. The fraction of sp³-hybridized carbons (Fsp3) is 0.828. The fourth-order valence-electron chi connectivity index (χ4n) is 4.26. The lowest BCUT2D eigenvalue weighted by atomic mass is 9.94. The summed E-state index contributed by atoms with van der Waals surface area (Å²) >= 11 is 0. The number of aliphatic hydroxyl groups excluding tert-OH is 3. The van der Waals surface area contributed by atoms with Crippen molar-refractivity contribution in [2.45, 2.75) is 128 Å². The summed E-state index contributed by atoms with van der Waals surface area (Å²) in [5, 5.41) is 36.2. The summed E-state index contributed by atoms with van der Waals surface area (Å²) in [5.74, 6) is -1.31. The van der Waals surface area contributed by atoms with Gasteiger partial charge in [-0.25, -0.2) is 4.79 Å². The van der Waals surface area contributed by atoms with Gasteiger partial charge in [-0.3, -0.25) is 9.59 Å². The van der Waals surface area contributed by atoms with E-state index in [1.165, 1.54) is 45.3 Å². The van der Waals surface area contributed by atoms with Crippen LogP contribution in [-0.2, 0) is 23.8 Å². The molecule has 0 radical (unpaired) electrons. The summed E-state index contributed by atoms with van der Waals surface area (Å²) in [4.78, 5) is 37.4. The predicted octanol–water partition coefficient (Wildman–Crippen LogP) is 2.74. The molecule has 1 saturated heterocycles. The lowest BCUT2D eigenvalue weighted by molar-refractivity contribution is -0.150. The normalized spacial score (nSPS) is 21.1. The highest BCUT2D eigenvalue weighted by Crippen LogP contribution is 2.18. The minimum absolute atomic E-state index is 0.0689. The number of amides is 2. The van der Waals surface area contributed by atoms with Crippen LogP contribution in [0.2, 0.25) is 0 Å². The molecule has 0 saturated carbocycles. The van der Waals surface area contributed by atoms with Gasteiger partial charge in [0.2, 0.25) is 5.91 Å². The van der Waals surface area contributed by atoms with Crippen LogP contribution in [-0.4, -0.2) is 90.1 Å². The van der Waals surface area contributed by atoms with Crippen LogP contribution in [0, 0.1) is 5.41 Å². The smallest absolute Gasteiger partial charge is 0.434 e. The molecule has 1 rings (SSSR count). The van der Waals surface area contributed by atoms with Crippen LogP contribution < -0.4 is 10.6 Å². The number of aliphatic hydroxyl groups is 3. The van der Waals surface area contributed by atoms with Crippen molar-refractivity contribution in [1.82, 2.24) is 10.6 Å². The van der Waals surface area contributed by atoms with E-state index in [0.29, 0.717) is 0 Å². The van der Waals surface area contributed by atoms with Gasteiger partial charge in [-0.2, -0.15) is 0 Å². The van der Waals surface area contributed by atoms with Crippen molar-refractivity contribution in [1.29, 1.82) is 0 Å². The van der Waals surface area contributed by atoms with Crippen LogP contribution in [0.25, 0.3) is 0 Å². The zero-order chi connectivity index (χ0) is 30.1. The molecule has 0 aromatic carbocycles. The summed E-state index contributed by atoms with van der Waals surface area (Å²) in [7, 11) is 1.17. The van der Waals surface area contributed by atoms with E-state index in [1.807, 2.05) is 20.8 Å². The highest BCUT2D eigenvalue weighted by Gasteiger charge is 2.37. The van der Waals surface area contributed by atoms with E-state index in [9.17, 15) is 29.7 Å². The Morgan fingerprint density at radius 3 is 2.25 bits per heavy atom. The second-order valence-electron chi connectivity index (χ2n) is 11.6. The van der Waals surface area contributed by atoms with Gasteiger partial charge < -0.3 is 40.2 Å². The van der Waals surface area contributed by atoms with Crippen molar-refractivity contribution in [3.05, 3.63) is 12.2 Å². The number of methoxy groups -OCH3 is 1. The quantitative estimate of drug-likeness (QED) is 0.100. The number of nitrogens with one attached hydrogen (secondary N) is 2. The molecule has 40 heavy (non-hydrogen) atoms. The van der Waals surface area contributed by atoms with Gasteiger partial charge in [0.05, 0.1) is 13.2 Å². The Kier molecular flexibility index (Phi) is 17.0. The minimum Gasteiger partial charge on any atom is -0.434 e. The number of rotatable bonds is 17. The molecule has 1 heterocycles. The maximum atomic E-state index is 12.8. The number of carbonyl (C=O) groups is 3. The van der Waals surface area contributed by atoms with E-state index in [1.54, 1.807) is 6.08 Å². The van der Waals surface area contributed by atoms with Gasteiger partial charge in [0.15, 0.2) is 6.10 Å². The minimum atomic E-state index is -1.76. The summed E-state index contributed by atoms with van der Waals surface area (Å²) < 4.78 is 15.6. The highest BCUT2D eigenvalue weighted by atomic mass is 16.7. The van der Waals surface area contributed by atoms with Crippen molar-refractivity contribution in [2.24, 2.45) is 5.41 Å². The third kappa shape index (κ3) is 14.4. The third-order valence-electron chi connectivity index (χ3n) is 6.71. The Hall–Kier alpha value is -2.21. The molecule has 0 aliphatic carbocycles. The Balaban J connectivity index is 2.48. The molecule has 0 bridgehead atoms. The Morgan fingerprint density at radius 1 is 1.02 bits per heavy atom. The second-order valence-corrected chi connectivity index (χ2v) is 11.6. The van der Waals surface area contributed by atoms with Gasteiger partial charge in [-0.15, -0.1) is 0 Å². The molecule has 0 spiro atoms. The Bertz CT molecular complexity index is 784. The number of unbranched alkanes of at least 4 members (excludes halogenated alkanes) is 7. The van der Waals surface area contributed by atoms with Crippen LogP contribution in [0.15, 0.2) is 12.2 Å². The number of ether oxygens (including phenoxy) is 3. The van der Waals surface area contributed by atoms with Crippen molar-refractivity contribution >= 4 is 18.0 Å². The van der Waals surface area contributed by atoms with Crippen LogP contribution in [0.3, 0.4) is 0 Å². The molecule has 11 heteroatoms. The lowest BCUT2D eigenvalue weighted by Crippen LogP contribution is -2.55. The molecule has 0 aromatic heterocycles. The van der Waals surface area contributed by atoms with Crippen molar-refractivity contribution in [3.8, 4) is 0 Å². The zero-order valence-electron chi connectivity index (χ0n) is 24.9. The van der Waals surface area contributed by atoms with Gasteiger partial charge in [-0.1, -0.05) is 84.8 Å². The van der Waals surface area contributed by atoms with Crippen LogP contribution in [0.1, 0.15) is 91.9 Å². The maximum Gasteiger partial charge on any atom is 0.508 e. The molecule has 232 valence electrons. The van der Waals surface area contributed by atoms with E-state index >= 15 is 0 Å². The number of hydrogen-bond acceptors (Lipinski definition) is 9. The first kappa shape index (κ1) is 35.8. The van der Waals surface area contributed by atoms with Crippen molar-refractivity contribution in [3.63, 3.8) is 0 Å². The molecular weight excluding hydrogens is 520 g/mol. The number of allylic oxidation sites excluding steroid dienone is 1. The molecule has 6 atom stereocenters. The molecular formula is C29H52N2O9. The van der Waals surface area contributed by atoms with Crippen LogP contribution in [0.5, 0.6) is 0 Å². The van der Waals surface area contributed by atoms with Crippen LogP contribution >= 0.6 is 0 Å². The van der Waals surface area contributed by atoms with Crippen LogP contribution in [0.4, 0.5) is 4.79 Å². The molecule has 1 aliphatic rings. The average Bonchev–Trinajstić information content (AvgIpc) is 3.06. The highest BCUT2D eigenvalue weighted by molar-refractivity contribution is 5.89. The lowest BCUT2D eigenvalue weighted by Gasteiger charge is -2.28. The molecule has 5 N–H and O–H groups in total. The summed E-state index contributed by atoms with van der Waals surface area (Å²) in [6, 6.07) is -0.970. The molecule has 11 nitrogen and oxygen atoms in total. The van der Waals surface area contributed by atoms with E-state index in [0.717, 1.165) is 19.3 Å². The van der Waals surface area contributed by atoms with Gasteiger partial charge in [0.25, 0.3) is 5.91 Å². The monoisotopic (exact) mass is 572 g/mol. The third-order valence-corrected chi connectivity index (χ3v) is 6.71. The zero-order valence-corrected chi connectivity index (χ0v) is 24.9. The molecule has 1 fully saturated rings. The Labute approximate surface area is 239 Å². The summed E-state index contributed by atoms with van der Waals surface area (Å²) in [6.45, 7) is 8.24. The number of carbonyl (C=O) groups excluding carboxylic acids is 3.